The van der Waals surface area contributed by atoms with Crippen LogP contribution in [-0.4, -0.2) is 28.1 Å². The number of rotatable bonds is 5. The summed E-state index contributed by atoms with van der Waals surface area (Å²) in [6, 6.07) is 44.4. The molecule has 7 aromatic rings. The van der Waals surface area contributed by atoms with E-state index in [1.807, 2.05) is 35.1 Å². The smallest absolute Gasteiger partial charge is 0.263 e. The summed E-state index contributed by atoms with van der Waals surface area (Å²) in [5.41, 5.74) is 11.0. The lowest BCUT2D eigenvalue weighted by atomic mass is 9.35. The molecule has 2 aromatic heterocycles. The fourth-order valence-electron chi connectivity index (χ4n) is 7.31. The summed E-state index contributed by atoms with van der Waals surface area (Å²) in [4.78, 5) is 9.25. The standard InChI is InChI=1S/C41H28BN5O2/c1-3-9-28(10-4-1)32-13-7-14-33(29-11-5-2-6-12-29)40(32)46-24-23-45(27-46)30-15-17-36-34(25-30)42-35-26-31(47-22-8-20-44-47)16-18-37(35)49-41-39(42)38(48-36)19-21-43-41/h1-26H,27H2. The molecule has 0 saturated carbocycles. The molecule has 7 nitrogen and oxygen atoms in total. The van der Waals surface area contributed by atoms with Crippen molar-refractivity contribution in [1.82, 2.24) is 14.8 Å². The zero-order valence-electron chi connectivity index (χ0n) is 26.3. The third-order valence-corrected chi connectivity index (χ3v) is 9.56. The van der Waals surface area contributed by atoms with E-state index in [4.69, 9.17) is 9.47 Å². The van der Waals surface area contributed by atoms with Gasteiger partial charge in [-0.3, -0.25) is 0 Å². The largest absolute Gasteiger partial charge is 0.458 e. The van der Waals surface area contributed by atoms with E-state index in [-0.39, 0.29) is 6.71 Å². The summed E-state index contributed by atoms with van der Waals surface area (Å²) in [5.74, 6) is 2.96. The predicted octanol–water partition coefficient (Wildman–Crippen LogP) is 7.08. The zero-order valence-corrected chi connectivity index (χ0v) is 26.3. The second kappa shape index (κ2) is 11.0. The number of aromatic nitrogens is 3. The Bertz CT molecular complexity index is 2320. The summed E-state index contributed by atoms with van der Waals surface area (Å²) < 4.78 is 14.7. The highest BCUT2D eigenvalue weighted by Gasteiger charge is 2.41. The molecule has 0 saturated heterocycles. The molecule has 232 valence electrons. The van der Waals surface area contributed by atoms with Crippen molar-refractivity contribution in [3.8, 4) is 51.1 Å². The van der Waals surface area contributed by atoms with Crippen LogP contribution >= 0.6 is 0 Å². The molecule has 0 spiro atoms. The van der Waals surface area contributed by atoms with Crippen LogP contribution in [0.15, 0.2) is 158 Å². The molecule has 0 amide bonds. The highest BCUT2D eigenvalue weighted by molar-refractivity contribution is 6.98. The number of pyridine rings is 1. The van der Waals surface area contributed by atoms with Crippen LogP contribution in [0.3, 0.4) is 0 Å². The highest BCUT2D eigenvalue weighted by atomic mass is 16.5. The van der Waals surface area contributed by atoms with Gasteiger partial charge in [0.2, 0.25) is 5.88 Å². The molecule has 0 atom stereocenters. The third-order valence-electron chi connectivity index (χ3n) is 9.56. The van der Waals surface area contributed by atoms with E-state index in [1.165, 1.54) is 27.9 Å². The monoisotopic (exact) mass is 633 g/mol. The number of benzene rings is 5. The molecule has 0 N–H and O–H groups in total. The Hall–Kier alpha value is -6.54. The van der Waals surface area contributed by atoms with Crippen molar-refractivity contribution in [2.24, 2.45) is 0 Å². The minimum absolute atomic E-state index is 0.118. The lowest BCUT2D eigenvalue weighted by molar-refractivity contribution is 0.450. The Morgan fingerprint density at radius 2 is 1.24 bits per heavy atom. The molecule has 8 heteroatoms. The van der Waals surface area contributed by atoms with E-state index in [0.717, 1.165) is 45.0 Å². The van der Waals surface area contributed by atoms with Gasteiger partial charge in [0.25, 0.3) is 6.71 Å². The predicted molar refractivity (Wildman–Crippen MR) is 195 cm³/mol. The van der Waals surface area contributed by atoms with Crippen molar-refractivity contribution >= 4 is 34.5 Å². The van der Waals surface area contributed by atoms with E-state index in [2.05, 4.69) is 135 Å². The maximum absolute atomic E-state index is 6.49. The quantitative estimate of drug-likeness (QED) is 0.189. The van der Waals surface area contributed by atoms with E-state index in [1.54, 1.807) is 12.4 Å². The lowest BCUT2D eigenvalue weighted by Gasteiger charge is -2.33. The van der Waals surface area contributed by atoms with Crippen LogP contribution < -0.4 is 35.7 Å². The average molecular weight is 634 g/mol. The molecule has 5 heterocycles. The number of ether oxygens (including phenoxy) is 2. The fourth-order valence-corrected chi connectivity index (χ4v) is 7.31. The number of fused-ring (bicyclic) bond motifs is 4. The highest BCUT2D eigenvalue weighted by Crippen LogP contribution is 2.42. The van der Waals surface area contributed by atoms with Gasteiger partial charge in [0, 0.05) is 53.3 Å². The van der Waals surface area contributed by atoms with E-state index < -0.39 is 0 Å². The molecular formula is C41H28BN5O2. The van der Waals surface area contributed by atoms with E-state index in [0.29, 0.717) is 12.5 Å². The van der Waals surface area contributed by atoms with Gasteiger partial charge in [0.1, 0.15) is 17.2 Å². The first-order valence-corrected chi connectivity index (χ1v) is 16.4. The molecule has 49 heavy (non-hydrogen) atoms. The summed E-state index contributed by atoms with van der Waals surface area (Å²) in [7, 11) is 0. The summed E-state index contributed by atoms with van der Waals surface area (Å²) in [6.07, 6.45) is 9.83. The van der Waals surface area contributed by atoms with Gasteiger partial charge in [0.15, 0.2) is 0 Å². The molecule has 3 aliphatic heterocycles. The second-order valence-corrected chi connectivity index (χ2v) is 12.4. The lowest BCUT2D eigenvalue weighted by Crippen LogP contribution is -2.57. The average Bonchev–Trinajstić information content (AvgIpc) is 3.89. The second-order valence-electron chi connectivity index (χ2n) is 12.4. The number of anilines is 2. The minimum atomic E-state index is -0.118. The maximum Gasteiger partial charge on any atom is 0.263 e. The van der Waals surface area contributed by atoms with Crippen LogP contribution in [0.1, 0.15) is 0 Å². The van der Waals surface area contributed by atoms with Crippen LogP contribution in [0.25, 0.3) is 27.9 Å². The van der Waals surface area contributed by atoms with E-state index in [9.17, 15) is 0 Å². The third kappa shape index (κ3) is 4.53. The molecule has 3 aliphatic rings. The SMILES string of the molecule is C1=CN(c2c(-c3ccccc3)cccc2-c2ccccc2)CN1c1ccc2c(c1)B1c3cc(-n4cccn4)ccc3Oc3nccc(c31)O2. The van der Waals surface area contributed by atoms with Gasteiger partial charge >= 0.3 is 0 Å². The van der Waals surface area contributed by atoms with Gasteiger partial charge in [0.05, 0.1) is 18.0 Å². The van der Waals surface area contributed by atoms with Crippen molar-refractivity contribution in [3.05, 3.63) is 158 Å². The molecule has 0 unspecified atom stereocenters. The summed E-state index contributed by atoms with van der Waals surface area (Å²) >= 11 is 0. The van der Waals surface area contributed by atoms with Crippen molar-refractivity contribution < 1.29 is 9.47 Å². The van der Waals surface area contributed by atoms with Gasteiger partial charge in [-0.05, 0) is 70.6 Å². The van der Waals surface area contributed by atoms with Gasteiger partial charge < -0.3 is 19.3 Å². The molecule has 0 radical (unpaired) electrons. The first kappa shape index (κ1) is 27.6. The van der Waals surface area contributed by atoms with Gasteiger partial charge in [-0.25, -0.2) is 9.67 Å². The Morgan fingerprint density at radius 3 is 1.96 bits per heavy atom. The number of para-hydroxylation sites is 1. The van der Waals surface area contributed by atoms with Gasteiger partial charge in [-0.15, -0.1) is 0 Å². The van der Waals surface area contributed by atoms with Gasteiger partial charge in [-0.1, -0.05) is 78.9 Å². The van der Waals surface area contributed by atoms with Crippen LogP contribution in [0.2, 0.25) is 0 Å². The minimum Gasteiger partial charge on any atom is -0.458 e. The van der Waals surface area contributed by atoms with Gasteiger partial charge in [-0.2, -0.15) is 5.10 Å². The molecule has 5 aromatic carbocycles. The number of hydrogen-bond acceptors (Lipinski definition) is 6. The summed E-state index contributed by atoms with van der Waals surface area (Å²) in [6.45, 7) is 0.536. The van der Waals surface area contributed by atoms with Crippen LogP contribution in [0, 0.1) is 0 Å². The van der Waals surface area contributed by atoms with Crippen molar-refractivity contribution in [3.63, 3.8) is 0 Å². The first-order chi connectivity index (χ1) is 24.3. The topological polar surface area (TPSA) is 55.7 Å². The van der Waals surface area contributed by atoms with Crippen molar-refractivity contribution in [2.75, 3.05) is 16.5 Å². The maximum atomic E-state index is 6.49. The van der Waals surface area contributed by atoms with Crippen LogP contribution in [-0.2, 0) is 0 Å². The van der Waals surface area contributed by atoms with E-state index >= 15 is 0 Å². The Kier molecular flexibility index (Phi) is 6.20. The Labute approximate surface area is 284 Å². The molecule has 10 rings (SSSR count). The fraction of sp³-hybridized carbons (Fsp3) is 0.0244. The zero-order chi connectivity index (χ0) is 32.3. The Balaban J connectivity index is 1.05. The van der Waals surface area contributed by atoms with Crippen molar-refractivity contribution in [1.29, 1.82) is 0 Å². The number of hydrogen-bond donors (Lipinski definition) is 0. The first-order valence-electron chi connectivity index (χ1n) is 16.4. The Morgan fingerprint density at radius 1 is 0.571 bits per heavy atom. The number of nitrogens with zero attached hydrogens (tertiary/aromatic N) is 5. The van der Waals surface area contributed by atoms with Crippen molar-refractivity contribution in [2.45, 2.75) is 0 Å². The normalized spacial score (nSPS) is 13.8. The summed E-state index contributed by atoms with van der Waals surface area (Å²) in [5, 5.41) is 4.48. The van der Waals surface area contributed by atoms with Crippen LogP contribution in [0.5, 0.6) is 23.1 Å². The van der Waals surface area contributed by atoms with Crippen LogP contribution in [0.4, 0.5) is 11.4 Å². The molecule has 0 aliphatic carbocycles. The molecular weight excluding hydrogens is 605 g/mol. The molecule has 0 bridgehead atoms. The molecule has 0 fully saturated rings.